The van der Waals surface area contributed by atoms with Crippen LogP contribution in [0, 0.1) is 11.8 Å². The van der Waals surface area contributed by atoms with Gasteiger partial charge in [0.1, 0.15) is 6.10 Å². The molecule has 3 atom stereocenters. The summed E-state index contributed by atoms with van der Waals surface area (Å²) in [6.07, 6.45) is 0.113. The number of hydrogen-bond acceptors (Lipinski definition) is 6. The molecule has 0 spiro atoms. The van der Waals surface area contributed by atoms with Gasteiger partial charge in [-0.15, -0.1) is 0 Å². The van der Waals surface area contributed by atoms with Crippen molar-refractivity contribution >= 4 is 11.9 Å². The fourth-order valence-electron chi connectivity index (χ4n) is 1.91. The van der Waals surface area contributed by atoms with Gasteiger partial charge in [-0.25, -0.2) is 0 Å². The summed E-state index contributed by atoms with van der Waals surface area (Å²) in [5, 5.41) is 12.6. The van der Waals surface area contributed by atoms with Crippen LogP contribution in [0.2, 0.25) is 0 Å². The van der Waals surface area contributed by atoms with Crippen molar-refractivity contribution in [3.8, 4) is 0 Å². The summed E-state index contributed by atoms with van der Waals surface area (Å²) in [5.41, 5.74) is 0. The number of carbonyl (C=O) groups is 2. The minimum atomic E-state index is -0.925. The van der Waals surface area contributed by atoms with E-state index in [1.54, 1.807) is 14.0 Å². The van der Waals surface area contributed by atoms with Gasteiger partial charge in [-0.05, 0) is 13.3 Å². The standard InChI is InChI=1S/C12H17N3O5/c1-6(19-3)10-13-9(20-14-10)5-15(2)11(16)7-4-8(7)12(17)18/h6-8H,4-5H2,1-3H3,(H,17,18). The maximum Gasteiger partial charge on any atom is 0.307 e. The monoisotopic (exact) mass is 283 g/mol. The molecule has 8 heteroatoms. The first-order valence-corrected chi connectivity index (χ1v) is 6.27. The number of hydrogen-bond donors (Lipinski definition) is 1. The molecule has 1 aromatic rings. The van der Waals surface area contributed by atoms with Crippen LogP contribution in [0.1, 0.15) is 31.2 Å². The molecule has 0 aliphatic heterocycles. The summed E-state index contributed by atoms with van der Waals surface area (Å²) in [5.74, 6) is -1.41. The third kappa shape index (κ3) is 2.96. The first kappa shape index (κ1) is 14.4. The van der Waals surface area contributed by atoms with Gasteiger partial charge in [0.15, 0.2) is 5.82 Å². The maximum atomic E-state index is 12.0. The van der Waals surface area contributed by atoms with Crippen molar-refractivity contribution in [3.05, 3.63) is 11.7 Å². The van der Waals surface area contributed by atoms with Gasteiger partial charge in [0.2, 0.25) is 11.8 Å². The Hall–Kier alpha value is -1.96. The molecule has 1 heterocycles. The van der Waals surface area contributed by atoms with Crippen molar-refractivity contribution in [2.75, 3.05) is 14.2 Å². The van der Waals surface area contributed by atoms with Crippen LogP contribution in [0.5, 0.6) is 0 Å². The van der Waals surface area contributed by atoms with Crippen molar-refractivity contribution in [3.63, 3.8) is 0 Å². The highest BCUT2D eigenvalue weighted by molar-refractivity contribution is 5.89. The fourth-order valence-corrected chi connectivity index (χ4v) is 1.91. The number of carboxylic acids is 1. The van der Waals surface area contributed by atoms with E-state index in [1.165, 1.54) is 12.0 Å². The molecule has 0 bridgehead atoms. The largest absolute Gasteiger partial charge is 0.481 e. The minimum Gasteiger partial charge on any atom is -0.481 e. The second-order valence-corrected chi connectivity index (χ2v) is 4.91. The Morgan fingerprint density at radius 1 is 1.55 bits per heavy atom. The van der Waals surface area contributed by atoms with Crippen molar-refractivity contribution in [1.29, 1.82) is 0 Å². The highest BCUT2D eigenvalue weighted by Crippen LogP contribution is 2.40. The number of carbonyl (C=O) groups excluding carboxylic acids is 1. The summed E-state index contributed by atoms with van der Waals surface area (Å²) < 4.78 is 10.1. The van der Waals surface area contributed by atoms with Crippen molar-refractivity contribution in [2.24, 2.45) is 11.8 Å². The maximum absolute atomic E-state index is 12.0. The highest BCUT2D eigenvalue weighted by Gasteiger charge is 2.49. The van der Waals surface area contributed by atoms with E-state index < -0.39 is 17.8 Å². The first-order valence-electron chi connectivity index (χ1n) is 6.27. The second-order valence-electron chi connectivity index (χ2n) is 4.91. The topological polar surface area (TPSA) is 106 Å². The molecule has 20 heavy (non-hydrogen) atoms. The Balaban J connectivity index is 1.91. The third-order valence-corrected chi connectivity index (χ3v) is 3.37. The summed E-state index contributed by atoms with van der Waals surface area (Å²) in [4.78, 5) is 28.2. The molecule has 110 valence electrons. The molecule has 1 fully saturated rings. The van der Waals surface area contributed by atoms with Crippen LogP contribution in [0.15, 0.2) is 4.52 Å². The number of nitrogens with zero attached hydrogens (tertiary/aromatic N) is 3. The fraction of sp³-hybridized carbons (Fsp3) is 0.667. The number of methoxy groups -OCH3 is 1. The van der Waals surface area contributed by atoms with Crippen LogP contribution in [-0.4, -0.2) is 46.2 Å². The second kappa shape index (κ2) is 5.58. The minimum absolute atomic E-state index is 0.158. The number of rotatable bonds is 6. The van der Waals surface area contributed by atoms with E-state index in [9.17, 15) is 9.59 Å². The van der Waals surface area contributed by atoms with Crippen LogP contribution >= 0.6 is 0 Å². The van der Waals surface area contributed by atoms with Gasteiger partial charge >= 0.3 is 5.97 Å². The Bertz CT molecular complexity index is 515. The van der Waals surface area contributed by atoms with Crippen LogP contribution in [0.25, 0.3) is 0 Å². The van der Waals surface area contributed by atoms with Crippen LogP contribution in [0.4, 0.5) is 0 Å². The molecule has 0 saturated heterocycles. The highest BCUT2D eigenvalue weighted by atomic mass is 16.5. The van der Waals surface area contributed by atoms with Crippen LogP contribution in [0.3, 0.4) is 0 Å². The first-order chi connectivity index (χ1) is 9.43. The predicted octanol–water partition coefficient (Wildman–Crippen LogP) is 0.456. The van der Waals surface area contributed by atoms with E-state index in [1.807, 2.05) is 0 Å². The molecule has 1 aliphatic rings. The van der Waals surface area contributed by atoms with E-state index >= 15 is 0 Å². The normalized spacial score (nSPS) is 22.4. The lowest BCUT2D eigenvalue weighted by molar-refractivity contribution is -0.141. The van der Waals surface area contributed by atoms with Crippen LogP contribution < -0.4 is 0 Å². The lowest BCUT2D eigenvalue weighted by Crippen LogP contribution is -2.29. The molecule has 2 rings (SSSR count). The third-order valence-electron chi connectivity index (χ3n) is 3.37. The molecular weight excluding hydrogens is 266 g/mol. The van der Waals surface area contributed by atoms with Gasteiger partial charge < -0.3 is 19.3 Å². The number of aromatic nitrogens is 2. The molecule has 1 N–H and O–H groups in total. The summed E-state index contributed by atoms with van der Waals surface area (Å²) in [6, 6.07) is 0. The van der Waals surface area contributed by atoms with E-state index in [0.717, 1.165) is 0 Å². The Morgan fingerprint density at radius 2 is 2.25 bits per heavy atom. The van der Waals surface area contributed by atoms with E-state index in [4.69, 9.17) is 14.4 Å². The van der Waals surface area contributed by atoms with Crippen molar-refractivity contribution in [2.45, 2.75) is 26.0 Å². The molecule has 3 unspecified atom stereocenters. The number of aliphatic carboxylic acids is 1. The van der Waals surface area contributed by atoms with E-state index in [2.05, 4.69) is 10.1 Å². The molecule has 1 aliphatic carbocycles. The Morgan fingerprint density at radius 3 is 2.80 bits per heavy atom. The Kier molecular flexibility index (Phi) is 4.03. The van der Waals surface area contributed by atoms with Gasteiger partial charge in [0, 0.05) is 14.2 Å². The average Bonchev–Trinajstić information content (AvgIpc) is 3.10. The summed E-state index contributed by atoms with van der Waals surface area (Å²) in [7, 11) is 3.12. The molecule has 0 radical (unpaired) electrons. The van der Waals surface area contributed by atoms with E-state index in [-0.39, 0.29) is 18.6 Å². The molecule has 8 nitrogen and oxygen atoms in total. The molecule has 1 aromatic heterocycles. The molecule has 0 aromatic carbocycles. The predicted molar refractivity (Wildman–Crippen MR) is 65.4 cm³/mol. The zero-order valence-corrected chi connectivity index (χ0v) is 11.6. The van der Waals surface area contributed by atoms with Gasteiger partial charge in [0.25, 0.3) is 0 Å². The molecule has 1 saturated carbocycles. The summed E-state index contributed by atoms with van der Waals surface area (Å²) in [6.45, 7) is 1.94. The number of carboxylic acid groups (broad SMARTS) is 1. The van der Waals surface area contributed by atoms with Gasteiger partial charge in [-0.2, -0.15) is 4.98 Å². The van der Waals surface area contributed by atoms with Crippen molar-refractivity contribution in [1.82, 2.24) is 15.0 Å². The van der Waals surface area contributed by atoms with Gasteiger partial charge in [-0.3, -0.25) is 9.59 Å². The van der Waals surface area contributed by atoms with Crippen LogP contribution in [-0.2, 0) is 20.9 Å². The summed E-state index contributed by atoms with van der Waals surface area (Å²) >= 11 is 0. The lowest BCUT2D eigenvalue weighted by Gasteiger charge is -2.14. The van der Waals surface area contributed by atoms with Gasteiger partial charge in [-0.1, -0.05) is 5.16 Å². The SMILES string of the molecule is COC(C)c1noc(CN(C)C(=O)C2CC2C(=O)O)n1. The zero-order chi connectivity index (χ0) is 14.9. The Labute approximate surface area is 115 Å². The van der Waals surface area contributed by atoms with E-state index in [0.29, 0.717) is 18.1 Å². The quantitative estimate of drug-likeness (QED) is 0.808. The van der Waals surface area contributed by atoms with Gasteiger partial charge in [0.05, 0.1) is 18.4 Å². The smallest absolute Gasteiger partial charge is 0.307 e. The number of ether oxygens (including phenoxy) is 1. The average molecular weight is 283 g/mol. The molecular formula is C12H17N3O5. The lowest BCUT2D eigenvalue weighted by atomic mass is 10.3. The van der Waals surface area contributed by atoms with Crippen molar-refractivity contribution < 1.29 is 24.0 Å². The number of amides is 1. The zero-order valence-electron chi connectivity index (χ0n) is 11.6. The molecule has 1 amide bonds.